The van der Waals surface area contributed by atoms with Crippen molar-refractivity contribution in [3.05, 3.63) is 23.9 Å². The third-order valence-corrected chi connectivity index (χ3v) is 4.98. The Labute approximate surface area is 95.3 Å². The van der Waals surface area contributed by atoms with Crippen LogP contribution in [-0.4, -0.2) is 18.6 Å². The Morgan fingerprint density at radius 1 is 1.47 bits per heavy atom. The number of aromatic nitrogens is 2. The quantitative estimate of drug-likeness (QED) is 0.845. The van der Waals surface area contributed by atoms with Gasteiger partial charge in [-0.1, -0.05) is 0 Å². The normalized spacial score (nSPS) is 11.9. The summed E-state index contributed by atoms with van der Waals surface area (Å²) in [6, 6.07) is 5.01. The Morgan fingerprint density at radius 3 is 2.67 bits per heavy atom. The molecule has 7 heteroatoms. The van der Waals surface area contributed by atoms with Gasteiger partial charge in [0.1, 0.15) is 9.90 Å². The van der Waals surface area contributed by atoms with Gasteiger partial charge < -0.3 is 0 Å². The van der Waals surface area contributed by atoms with Gasteiger partial charge in [-0.25, -0.2) is 8.42 Å². The van der Waals surface area contributed by atoms with E-state index in [1.807, 2.05) is 13.0 Å². The lowest BCUT2D eigenvalue weighted by molar-refractivity contribution is 0.611. The molecule has 1 N–H and O–H groups in total. The fourth-order valence-corrected chi connectivity index (χ4v) is 3.17. The second-order valence-electron chi connectivity index (χ2n) is 2.99. The van der Waals surface area contributed by atoms with Gasteiger partial charge in [0.2, 0.25) is 0 Å². The number of rotatable bonds is 2. The number of hydrogen-bond acceptors (Lipinski definition) is 4. The molecule has 0 unspecified atom stereocenters. The molecular formula is C8H7ClN2O2S2. The maximum absolute atomic E-state index is 11.0. The van der Waals surface area contributed by atoms with Crippen LogP contribution in [0.3, 0.4) is 0 Å². The monoisotopic (exact) mass is 262 g/mol. The molecule has 0 radical (unpaired) electrons. The lowest BCUT2D eigenvalue weighted by Crippen LogP contribution is -1.83. The summed E-state index contributed by atoms with van der Waals surface area (Å²) in [5.41, 5.74) is 1.65. The smallest absolute Gasteiger partial charge is 0.270 e. The zero-order valence-electron chi connectivity index (χ0n) is 7.69. The van der Waals surface area contributed by atoms with Crippen LogP contribution < -0.4 is 0 Å². The van der Waals surface area contributed by atoms with Crippen LogP contribution >= 0.6 is 22.0 Å². The molecule has 0 atom stereocenters. The first-order valence-corrected chi connectivity index (χ1v) is 7.16. The van der Waals surface area contributed by atoms with Crippen LogP contribution in [0.5, 0.6) is 0 Å². The largest absolute Gasteiger partial charge is 0.282 e. The van der Waals surface area contributed by atoms with Crippen LogP contribution in [0.2, 0.25) is 0 Å². The molecule has 0 amide bonds. The van der Waals surface area contributed by atoms with Crippen LogP contribution in [0.25, 0.3) is 10.6 Å². The topological polar surface area (TPSA) is 62.8 Å². The molecule has 2 aromatic rings. The first-order chi connectivity index (χ1) is 6.97. The fourth-order valence-electron chi connectivity index (χ4n) is 1.13. The van der Waals surface area contributed by atoms with Gasteiger partial charge in [0.05, 0.1) is 4.88 Å². The second-order valence-corrected chi connectivity index (χ2v) is 6.87. The molecule has 0 aliphatic carbocycles. The highest BCUT2D eigenvalue weighted by Crippen LogP contribution is 2.31. The highest BCUT2D eigenvalue weighted by molar-refractivity contribution is 8.15. The van der Waals surface area contributed by atoms with E-state index in [9.17, 15) is 8.42 Å². The Hall–Kier alpha value is -0.850. The lowest BCUT2D eigenvalue weighted by Gasteiger charge is -1.87. The molecule has 2 rings (SSSR count). The standard InChI is InChI=1S/C8H7ClN2O2S2/c1-5-4-6(11-10-5)7-2-3-8(14-7)15(9,12)13/h2-4H,1H3,(H,10,11). The second kappa shape index (κ2) is 3.62. The van der Waals surface area contributed by atoms with Gasteiger partial charge in [0.25, 0.3) is 9.05 Å². The van der Waals surface area contributed by atoms with E-state index in [2.05, 4.69) is 10.2 Å². The average molecular weight is 263 g/mol. The van der Waals surface area contributed by atoms with E-state index in [1.54, 1.807) is 6.07 Å². The summed E-state index contributed by atoms with van der Waals surface area (Å²) in [7, 11) is 1.59. The van der Waals surface area contributed by atoms with Crippen LogP contribution in [-0.2, 0) is 9.05 Å². The van der Waals surface area contributed by atoms with Crippen LogP contribution in [0.4, 0.5) is 0 Å². The van der Waals surface area contributed by atoms with E-state index < -0.39 is 9.05 Å². The summed E-state index contributed by atoms with van der Waals surface area (Å²) in [4.78, 5) is 0.776. The molecule has 15 heavy (non-hydrogen) atoms. The first-order valence-electron chi connectivity index (χ1n) is 4.04. The predicted molar refractivity (Wildman–Crippen MR) is 59.7 cm³/mol. The van der Waals surface area contributed by atoms with Crippen molar-refractivity contribution < 1.29 is 8.42 Å². The molecule has 4 nitrogen and oxygen atoms in total. The molecule has 0 bridgehead atoms. The summed E-state index contributed by atoms with van der Waals surface area (Å²) in [6.45, 7) is 1.88. The van der Waals surface area contributed by atoms with Crippen molar-refractivity contribution in [2.45, 2.75) is 11.1 Å². The van der Waals surface area contributed by atoms with Gasteiger partial charge in [-0.15, -0.1) is 11.3 Å². The molecule has 0 aromatic carbocycles. The van der Waals surface area contributed by atoms with E-state index in [4.69, 9.17) is 10.7 Å². The molecule has 0 aliphatic heterocycles. The van der Waals surface area contributed by atoms with Crippen molar-refractivity contribution in [3.63, 3.8) is 0 Å². The van der Waals surface area contributed by atoms with Gasteiger partial charge in [-0.3, -0.25) is 5.10 Å². The Balaban J connectivity index is 2.44. The highest BCUT2D eigenvalue weighted by Gasteiger charge is 2.14. The summed E-state index contributed by atoms with van der Waals surface area (Å²) in [6.07, 6.45) is 0. The number of aromatic amines is 1. The molecule has 2 aromatic heterocycles. The zero-order chi connectivity index (χ0) is 11.1. The molecule has 0 fully saturated rings. The van der Waals surface area contributed by atoms with Crippen molar-refractivity contribution in [1.29, 1.82) is 0 Å². The van der Waals surface area contributed by atoms with Crippen molar-refractivity contribution in [1.82, 2.24) is 10.2 Å². The summed E-state index contributed by atoms with van der Waals surface area (Å²) >= 11 is 1.10. The van der Waals surface area contributed by atoms with Crippen LogP contribution in [0.1, 0.15) is 5.69 Å². The zero-order valence-corrected chi connectivity index (χ0v) is 10.1. The third-order valence-electron chi connectivity index (χ3n) is 1.78. The fraction of sp³-hybridized carbons (Fsp3) is 0.125. The minimum Gasteiger partial charge on any atom is -0.282 e. The van der Waals surface area contributed by atoms with Crippen LogP contribution in [0.15, 0.2) is 22.4 Å². The minimum absolute atomic E-state index is 0.139. The number of nitrogens with one attached hydrogen (secondary N) is 1. The third kappa shape index (κ3) is 2.22. The molecule has 0 aliphatic rings. The molecule has 0 saturated carbocycles. The molecular weight excluding hydrogens is 256 g/mol. The summed E-state index contributed by atoms with van der Waals surface area (Å²) in [5.74, 6) is 0. The summed E-state index contributed by atoms with van der Waals surface area (Å²) in [5, 5.41) is 6.82. The van der Waals surface area contributed by atoms with Crippen LogP contribution in [0, 0.1) is 6.92 Å². The summed E-state index contributed by atoms with van der Waals surface area (Å²) < 4.78 is 22.2. The number of halogens is 1. The van der Waals surface area contributed by atoms with E-state index in [-0.39, 0.29) is 4.21 Å². The van der Waals surface area contributed by atoms with Crippen molar-refractivity contribution in [2.75, 3.05) is 0 Å². The Bertz CT molecular complexity index is 585. The van der Waals surface area contributed by atoms with Gasteiger partial charge in [-0.05, 0) is 25.1 Å². The SMILES string of the molecule is Cc1cc(-c2ccc(S(=O)(=O)Cl)s2)n[nH]1. The van der Waals surface area contributed by atoms with Gasteiger partial charge in [0, 0.05) is 16.4 Å². The van der Waals surface area contributed by atoms with Gasteiger partial charge >= 0.3 is 0 Å². The number of thiophene rings is 1. The first kappa shape index (κ1) is 10.7. The van der Waals surface area contributed by atoms with Gasteiger partial charge in [0.15, 0.2) is 0 Å². The van der Waals surface area contributed by atoms with Crippen molar-refractivity contribution in [2.24, 2.45) is 0 Å². The van der Waals surface area contributed by atoms with E-state index in [0.29, 0.717) is 0 Å². The molecule has 80 valence electrons. The Morgan fingerprint density at radius 2 is 2.20 bits per heavy atom. The van der Waals surface area contributed by atoms with E-state index in [0.717, 1.165) is 27.6 Å². The number of hydrogen-bond donors (Lipinski definition) is 1. The molecule has 0 saturated heterocycles. The number of nitrogens with zero attached hydrogens (tertiary/aromatic N) is 1. The van der Waals surface area contributed by atoms with E-state index >= 15 is 0 Å². The highest BCUT2D eigenvalue weighted by atomic mass is 35.7. The maximum atomic E-state index is 11.0. The van der Waals surface area contributed by atoms with E-state index in [1.165, 1.54) is 6.07 Å². The Kier molecular flexibility index (Phi) is 2.57. The minimum atomic E-state index is -3.63. The average Bonchev–Trinajstić information content (AvgIpc) is 2.69. The number of H-pyrrole nitrogens is 1. The number of aryl methyl sites for hydroxylation is 1. The predicted octanol–water partition coefficient (Wildman–Crippen LogP) is 2.37. The lowest BCUT2D eigenvalue weighted by atomic mass is 10.3. The van der Waals surface area contributed by atoms with Crippen molar-refractivity contribution in [3.8, 4) is 10.6 Å². The molecule has 0 spiro atoms. The van der Waals surface area contributed by atoms with Crippen molar-refractivity contribution >= 4 is 31.1 Å². The molecule has 2 heterocycles. The van der Waals surface area contributed by atoms with Gasteiger partial charge in [-0.2, -0.15) is 5.10 Å². The maximum Gasteiger partial charge on any atom is 0.270 e.